The summed E-state index contributed by atoms with van der Waals surface area (Å²) in [6, 6.07) is 1.98. The minimum Gasteiger partial charge on any atom is -0.382 e. The number of nitrogens with one attached hydrogen (secondary N) is 1. The number of pyridine rings is 1. The summed E-state index contributed by atoms with van der Waals surface area (Å²) in [5.41, 5.74) is 3.78. The maximum absolute atomic E-state index is 12.2. The molecule has 7 heteroatoms. The Morgan fingerprint density at radius 3 is 2.43 bits per heavy atom. The van der Waals surface area contributed by atoms with E-state index in [4.69, 9.17) is 11.1 Å². The summed E-state index contributed by atoms with van der Waals surface area (Å²) in [6.07, 6.45) is -4.52. The fourth-order valence-electron chi connectivity index (χ4n) is 0.789. The largest absolute Gasteiger partial charge is 0.433 e. The van der Waals surface area contributed by atoms with Crippen LogP contribution in [-0.4, -0.2) is 10.8 Å². The Bertz CT molecular complexity index is 375. The summed E-state index contributed by atoms with van der Waals surface area (Å²) < 4.78 is 36.8. The Kier molecular flexibility index (Phi) is 2.79. The molecule has 1 aromatic rings. The van der Waals surface area contributed by atoms with Crippen molar-refractivity contribution in [2.45, 2.75) is 6.18 Å². The minimum absolute atomic E-state index is 0.208. The van der Waals surface area contributed by atoms with Gasteiger partial charge < -0.3 is 5.73 Å². The number of nitrogen functional groups attached to an aromatic ring is 1. The van der Waals surface area contributed by atoms with Crippen LogP contribution in [0.2, 0.25) is 0 Å². The molecule has 1 aromatic heterocycles. The first-order chi connectivity index (χ1) is 6.32. The first kappa shape index (κ1) is 11.0. The first-order valence-electron chi connectivity index (χ1n) is 3.40. The summed E-state index contributed by atoms with van der Waals surface area (Å²) >= 11 is 2.95. The molecule has 1 rings (SSSR count). The molecule has 0 spiro atoms. The lowest BCUT2D eigenvalue weighted by atomic mass is 10.3. The van der Waals surface area contributed by atoms with Crippen molar-refractivity contribution in [2.24, 2.45) is 5.73 Å². The molecule has 0 atom stereocenters. The molecule has 0 aliphatic heterocycles. The van der Waals surface area contributed by atoms with Crippen molar-refractivity contribution in [1.29, 1.82) is 5.41 Å². The highest BCUT2D eigenvalue weighted by molar-refractivity contribution is 9.10. The van der Waals surface area contributed by atoms with E-state index in [9.17, 15) is 13.2 Å². The highest BCUT2D eigenvalue weighted by atomic mass is 79.9. The monoisotopic (exact) mass is 267 g/mol. The second-order valence-corrected chi connectivity index (χ2v) is 3.29. The number of hydrogen-bond acceptors (Lipinski definition) is 2. The zero-order valence-corrected chi connectivity index (χ0v) is 8.28. The highest BCUT2D eigenvalue weighted by Gasteiger charge is 2.33. The van der Waals surface area contributed by atoms with Gasteiger partial charge in [0.2, 0.25) is 0 Å². The van der Waals surface area contributed by atoms with Crippen LogP contribution < -0.4 is 5.73 Å². The number of alkyl halides is 3. The molecular formula is C7H5BrF3N3. The zero-order valence-electron chi connectivity index (χ0n) is 6.69. The maximum Gasteiger partial charge on any atom is 0.433 e. The van der Waals surface area contributed by atoms with Crippen molar-refractivity contribution >= 4 is 21.8 Å². The maximum atomic E-state index is 12.2. The van der Waals surface area contributed by atoms with Gasteiger partial charge in [-0.15, -0.1) is 0 Å². The summed E-state index contributed by atoms with van der Waals surface area (Å²) in [6.45, 7) is 0. The Morgan fingerprint density at radius 2 is 2.00 bits per heavy atom. The second kappa shape index (κ2) is 3.56. The van der Waals surface area contributed by atoms with Gasteiger partial charge in [-0.05, 0) is 28.1 Å². The standard InChI is InChI=1S/C7H5BrF3N3/c8-3-1-2-4(7(9,10)11)14-5(3)6(12)13/h1-2H,(H3,12,13). The van der Waals surface area contributed by atoms with E-state index in [0.29, 0.717) is 0 Å². The van der Waals surface area contributed by atoms with Crippen LogP contribution in [0.3, 0.4) is 0 Å². The Balaban J connectivity index is 3.27. The van der Waals surface area contributed by atoms with E-state index in [1.807, 2.05) is 0 Å². The van der Waals surface area contributed by atoms with Crippen LogP contribution >= 0.6 is 15.9 Å². The van der Waals surface area contributed by atoms with Gasteiger partial charge in [0.1, 0.15) is 17.2 Å². The lowest BCUT2D eigenvalue weighted by Crippen LogP contribution is -2.17. The summed E-state index contributed by atoms with van der Waals surface area (Å²) in [5, 5.41) is 7.00. The van der Waals surface area contributed by atoms with Gasteiger partial charge in [-0.3, -0.25) is 5.41 Å². The third kappa shape index (κ3) is 2.22. The molecule has 0 radical (unpaired) electrons. The van der Waals surface area contributed by atoms with Crippen LogP contribution in [0.5, 0.6) is 0 Å². The average molecular weight is 268 g/mol. The molecule has 0 aliphatic carbocycles. The molecule has 14 heavy (non-hydrogen) atoms. The molecule has 0 fully saturated rings. The number of aromatic nitrogens is 1. The predicted molar refractivity (Wildman–Crippen MR) is 48.0 cm³/mol. The van der Waals surface area contributed by atoms with Gasteiger partial charge in [0.25, 0.3) is 0 Å². The van der Waals surface area contributed by atoms with Gasteiger partial charge in [0.15, 0.2) is 0 Å². The van der Waals surface area contributed by atoms with E-state index >= 15 is 0 Å². The molecule has 0 bridgehead atoms. The SMILES string of the molecule is N=C(N)c1nc(C(F)(F)F)ccc1Br. The zero-order chi connectivity index (χ0) is 10.9. The molecule has 0 amide bonds. The van der Waals surface area contributed by atoms with E-state index < -0.39 is 17.7 Å². The molecule has 3 nitrogen and oxygen atoms in total. The first-order valence-corrected chi connectivity index (χ1v) is 4.20. The lowest BCUT2D eigenvalue weighted by Gasteiger charge is -2.08. The average Bonchev–Trinajstić information content (AvgIpc) is 2.02. The van der Waals surface area contributed by atoms with Crippen molar-refractivity contribution in [3.63, 3.8) is 0 Å². The van der Waals surface area contributed by atoms with E-state index in [1.54, 1.807) is 0 Å². The quantitative estimate of drug-likeness (QED) is 0.605. The van der Waals surface area contributed by atoms with Crippen molar-refractivity contribution in [3.8, 4) is 0 Å². The molecule has 0 aromatic carbocycles. The van der Waals surface area contributed by atoms with E-state index in [2.05, 4.69) is 20.9 Å². The van der Waals surface area contributed by atoms with Crippen LogP contribution in [0.1, 0.15) is 11.4 Å². The summed E-state index contributed by atoms with van der Waals surface area (Å²) in [7, 11) is 0. The number of hydrogen-bond donors (Lipinski definition) is 2. The summed E-state index contributed by atoms with van der Waals surface area (Å²) in [4.78, 5) is 3.22. The predicted octanol–water partition coefficient (Wildman–Crippen LogP) is 2.15. The van der Waals surface area contributed by atoms with Gasteiger partial charge >= 0.3 is 6.18 Å². The molecule has 0 aliphatic rings. The molecule has 0 saturated carbocycles. The topological polar surface area (TPSA) is 62.8 Å². The molecule has 76 valence electrons. The smallest absolute Gasteiger partial charge is 0.382 e. The van der Waals surface area contributed by atoms with Crippen molar-refractivity contribution in [2.75, 3.05) is 0 Å². The van der Waals surface area contributed by atoms with Crippen LogP contribution in [-0.2, 0) is 6.18 Å². The Morgan fingerprint density at radius 1 is 1.43 bits per heavy atom. The van der Waals surface area contributed by atoms with Crippen LogP contribution in [0.15, 0.2) is 16.6 Å². The van der Waals surface area contributed by atoms with Crippen molar-refractivity contribution in [3.05, 3.63) is 28.0 Å². The number of nitrogens with two attached hydrogens (primary N) is 1. The normalized spacial score (nSPS) is 11.4. The van der Waals surface area contributed by atoms with Gasteiger partial charge in [0.05, 0.1) is 0 Å². The van der Waals surface area contributed by atoms with Gasteiger partial charge in [0, 0.05) is 4.47 Å². The molecule has 1 heterocycles. The fraction of sp³-hybridized carbons (Fsp3) is 0.143. The van der Waals surface area contributed by atoms with Crippen LogP contribution in [0, 0.1) is 5.41 Å². The van der Waals surface area contributed by atoms with E-state index in [0.717, 1.165) is 12.1 Å². The van der Waals surface area contributed by atoms with Crippen molar-refractivity contribution in [1.82, 2.24) is 4.98 Å². The Labute approximate surface area is 85.8 Å². The molecule has 3 N–H and O–H groups in total. The van der Waals surface area contributed by atoms with E-state index in [1.165, 1.54) is 0 Å². The lowest BCUT2D eigenvalue weighted by molar-refractivity contribution is -0.141. The number of amidine groups is 1. The van der Waals surface area contributed by atoms with Gasteiger partial charge in [-0.1, -0.05) is 0 Å². The van der Waals surface area contributed by atoms with Crippen LogP contribution in [0.25, 0.3) is 0 Å². The van der Waals surface area contributed by atoms with Gasteiger partial charge in [-0.25, -0.2) is 4.98 Å². The van der Waals surface area contributed by atoms with Crippen molar-refractivity contribution < 1.29 is 13.2 Å². The summed E-state index contributed by atoms with van der Waals surface area (Å²) in [5.74, 6) is -0.511. The molecular weight excluding hydrogens is 263 g/mol. The molecule has 0 saturated heterocycles. The van der Waals surface area contributed by atoms with Crippen LogP contribution in [0.4, 0.5) is 13.2 Å². The third-order valence-corrected chi connectivity index (χ3v) is 2.03. The number of halogens is 4. The Hall–Kier alpha value is -1.11. The second-order valence-electron chi connectivity index (χ2n) is 2.44. The number of rotatable bonds is 1. The third-order valence-electron chi connectivity index (χ3n) is 1.39. The highest BCUT2D eigenvalue weighted by Crippen LogP contribution is 2.29. The van der Waals surface area contributed by atoms with Gasteiger partial charge in [-0.2, -0.15) is 13.2 Å². The number of nitrogens with zero attached hydrogens (tertiary/aromatic N) is 1. The minimum atomic E-state index is -4.52. The fourth-order valence-corrected chi connectivity index (χ4v) is 1.22. The van der Waals surface area contributed by atoms with E-state index in [-0.39, 0.29) is 10.2 Å². The molecule has 0 unspecified atom stereocenters.